The van der Waals surface area contributed by atoms with Crippen LogP contribution in [0.4, 0.5) is 4.39 Å². The molecular weight excluding hydrogens is 499 g/mol. The van der Waals surface area contributed by atoms with Gasteiger partial charge in [0.15, 0.2) is 0 Å². The van der Waals surface area contributed by atoms with Crippen LogP contribution in [-0.2, 0) is 6.42 Å². The molecular formula is C40H45F. The molecule has 1 unspecified atom stereocenters. The Morgan fingerprint density at radius 2 is 1.68 bits per heavy atom. The molecule has 0 aromatic heterocycles. The minimum atomic E-state index is -0.101. The van der Waals surface area contributed by atoms with Gasteiger partial charge >= 0.3 is 0 Å². The topological polar surface area (TPSA) is 0 Å². The van der Waals surface area contributed by atoms with Crippen molar-refractivity contribution in [1.29, 1.82) is 0 Å². The zero-order chi connectivity index (χ0) is 28.9. The second-order valence-corrected chi connectivity index (χ2v) is 11.3. The van der Waals surface area contributed by atoms with Crippen molar-refractivity contribution >= 4 is 11.6 Å². The van der Waals surface area contributed by atoms with Crippen LogP contribution >= 0.6 is 0 Å². The zero-order valence-electron chi connectivity index (χ0n) is 24.9. The van der Waals surface area contributed by atoms with Gasteiger partial charge in [-0.2, -0.15) is 0 Å². The van der Waals surface area contributed by atoms with Gasteiger partial charge in [0.2, 0.25) is 0 Å². The normalized spacial score (nSPS) is 19.4. The molecule has 0 heterocycles. The van der Waals surface area contributed by atoms with Crippen molar-refractivity contribution < 1.29 is 4.39 Å². The minimum absolute atomic E-state index is 0.101. The first kappa shape index (κ1) is 30.3. The SMILES string of the molecule is C=C(/C=C\C(=C/C)CCc1ccccc1)c1ccc(/C=C/C2=CC[C@H](CCC3=CCC(CCC)C=C3)C=C2F)cc1. The Labute approximate surface area is 247 Å². The molecule has 41 heavy (non-hydrogen) atoms. The first-order valence-corrected chi connectivity index (χ1v) is 15.3. The molecule has 0 nitrogen and oxygen atoms in total. The van der Waals surface area contributed by atoms with Gasteiger partial charge in [-0.15, -0.1) is 0 Å². The van der Waals surface area contributed by atoms with E-state index in [2.05, 4.69) is 118 Å². The number of hydrogen-bond acceptors (Lipinski definition) is 0. The Morgan fingerprint density at radius 1 is 0.902 bits per heavy atom. The highest BCUT2D eigenvalue weighted by atomic mass is 19.1. The van der Waals surface area contributed by atoms with Gasteiger partial charge in [0.1, 0.15) is 5.83 Å². The van der Waals surface area contributed by atoms with Crippen LogP contribution in [0.2, 0.25) is 0 Å². The summed E-state index contributed by atoms with van der Waals surface area (Å²) in [4.78, 5) is 0. The van der Waals surface area contributed by atoms with Crippen LogP contribution in [0.5, 0.6) is 0 Å². The van der Waals surface area contributed by atoms with E-state index in [4.69, 9.17) is 0 Å². The molecule has 0 aliphatic heterocycles. The van der Waals surface area contributed by atoms with Crippen molar-refractivity contribution in [3.05, 3.63) is 155 Å². The van der Waals surface area contributed by atoms with Gasteiger partial charge in [0, 0.05) is 5.57 Å². The lowest BCUT2D eigenvalue weighted by Gasteiger charge is -2.19. The molecule has 2 aliphatic rings. The van der Waals surface area contributed by atoms with Crippen molar-refractivity contribution in [3.63, 3.8) is 0 Å². The maximum atomic E-state index is 14.9. The Kier molecular flexibility index (Phi) is 11.7. The lowest BCUT2D eigenvalue weighted by Crippen LogP contribution is -2.04. The highest BCUT2D eigenvalue weighted by Crippen LogP contribution is 2.31. The summed E-state index contributed by atoms with van der Waals surface area (Å²) in [6.45, 7) is 8.60. The Bertz CT molecular complexity index is 1360. The predicted octanol–water partition coefficient (Wildman–Crippen LogP) is 11.7. The van der Waals surface area contributed by atoms with Gasteiger partial charge in [-0.05, 0) is 92.0 Å². The number of benzene rings is 2. The van der Waals surface area contributed by atoms with Crippen LogP contribution in [0, 0.1) is 11.8 Å². The molecule has 2 aliphatic carbocycles. The van der Waals surface area contributed by atoms with Gasteiger partial charge in [-0.1, -0.05) is 140 Å². The average molecular weight is 545 g/mol. The van der Waals surface area contributed by atoms with E-state index in [1.165, 1.54) is 29.6 Å². The fraction of sp³-hybridized carbons (Fsp3) is 0.300. The third-order valence-corrected chi connectivity index (χ3v) is 8.18. The molecule has 0 saturated carbocycles. The summed E-state index contributed by atoms with van der Waals surface area (Å²) in [7, 11) is 0. The average Bonchev–Trinajstić information content (AvgIpc) is 3.01. The van der Waals surface area contributed by atoms with Gasteiger partial charge in [0.05, 0.1) is 0 Å². The van der Waals surface area contributed by atoms with E-state index in [9.17, 15) is 4.39 Å². The summed E-state index contributed by atoms with van der Waals surface area (Å²) in [6, 6.07) is 18.9. The molecule has 0 N–H and O–H groups in total. The molecule has 4 rings (SSSR count). The van der Waals surface area contributed by atoms with Crippen molar-refractivity contribution in [2.75, 3.05) is 0 Å². The van der Waals surface area contributed by atoms with E-state index in [1.54, 1.807) is 0 Å². The van der Waals surface area contributed by atoms with Crippen molar-refractivity contribution in [2.45, 2.75) is 65.2 Å². The van der Waals surface area contributed by atoms with Crippen LogP contribution < -0.4 is 0 Å². The fourth-order valence-corrected chi connectivity index (χ4v) is 5.48. The third kappa shape index (κ3) is 9.71. The quantitative estimate of drug-likeness (QED) is 0.220. The van der Waals surface area contributed by atoms with E-state index in [0.29, 0.717) is 11.5 Å². The summed E-state index contributed by atoms with van der Waals surface area (Å²) < 4.78 is 14.9. The maximum absolute atomic E-state index is 14.9. The van der Waals surface area contributed by atoms with Crippen LogP contribution in [0.25, 0.3) is 11.6 Å². The number of aryl methyl sites for hydroxylation is 1. The molecule has 212 valence electrons. The number of allylic oxidation sites excluding steroid dienone is 14. The number of halogens is 1. The smallest absolute Gasteiger partial charge is 0.126 e. The minimum Gasteiger partial charge on any atom is -0.207 e. The van der Waals surface area contributed by atoms with Gasteiger partial charge < -0.3 is 0 Å². The molecule has 2 aromatic carbocycles. The highest BCUT2D eigenvalue weighted by Gasteiger charge is 2.15. The summed E-state index contributed by atoms with van der Waals surface area (Å²) in [5.41, 5.74) is 7.87. The summed E-state index contributed by atoms with van der Waals surface area (Å²) in [6.07, 6.45) is 29.9. The Balaban J connectivity index is 1.24. The molecule has 0 amide bonds. The summed E-state index contributed by atoms with van der Waals surface area (Å²) >= 11 is 0. The van der Waals surface area contributed by atoms with Gasteiger partial charge in [-0.25, -0.2) is 4.39 Å². The molecule has 0 spiro atoms. The van der Waals surface area contributed by atoms with Gasteiger partial charge in [-0.3, -0.25) is 0 Å². The van der Waals surface area contributed by atoms with Crippen LogP contribution in [0.3, 0.4) is 0 Å². The van der Waals surface area contributed by atoms with E-state index >= 15 is 0 Å². The van der Waals surface area contributed by atoms with E-state index in [-0.39, 0.29) is 11.7 Å². The van der Waals surface area contributed by atoms with Crippen LogP contribution in [0.15, 0.2) is 138 Å². The molecule has 2 aromatic rings. The lowest BCUT2D eigenvalue weighted by atomic mass is 9.87. The van der Waals surface area contributed by atoms with Crippen LogP contribution in [-0.4, -0.2) is 0 Å². The summed E-state index contributed by atoms with van der Waals surface area (Å²) in [5, 5.41) is 0. The molecule has 0 bridgehead atoms. The standard InChI is InChI=1S/C40H45F/c1-4-9-33-16-18-35(19-17-33)20-21-37-25-29-39(40(41)30-37)28-24-36-22-26-38(27-23-36)31(3)12-13-32(5-2)14-15-34-10-7-6-8-11-34/h5-8,10-13,16,18-19,22-24,26-30,33,37H,3-4,9,14-15,17,20-21,25H2,1-2H3/b13-12-,28-24+,32-5+/t33?,37-/m0/s1. The number of rotatable bonds is 13. The Morgan fingerprint density at radius 3 is 2.37 bits per heavy atom. The van der Waals surface area contributed by atoms with Crippen molar-refractivity contribution in [3.8, 4) is 0 Å². The molecule has 0 fully saturated rings. The van der Waals surface area contributed by atoms with E-state index < -0.39 is 0 Å². The second-order valence-electron chi connectivity index (χ2n) is 11.3. The first-order valence-electron chi connectivity index (χ1n) is 15.3. The molecule has 1 heteroatoms. The van der Waals surface area contributed by atoms with Gasteiger partial charge in [0.25, 0.3) is 0 Å². The predicted molar refractivity (Wildman–Crippen MR) is 177 cm³/mol. The first-order chi connectivity index (χ1) is 20.0. The fourth-order valence-electron chi connectivity index (χ4n) is 5.48. The van der Waals surface area contributed by atoms with E-state index in [1.807, 2.05) is 18.2 Å². The largest absolute Gasteiger partial charge is 0.207 e. The molecule has 0 radical (unpaired) electrons. The van der Waals surface area contributed by atoms with E-state index in [0.717, 1.165) is 55.2 Å². The highest BCUT2D eigenvalue weighted by molar-refractivity contribution is 5.73. The molecule has 0 saturated heterocycles. The zero-order valence-corrected chi connectivity index (χ0v) is 24.9. The second kappa shape index (κ2) is 15.9. The summed E-state index contributed by atoms with van der Waals surface area (Å²) in [5.74, 6) is 0.872. The lowest BCUT2D eigenvalue weighted by molar-refractivity contribution is 0.544. The van der Waals surface area contributed by atoms with Crippen molar-refractivity contribution in [1.82, 2.24) is 0 Å². The van der Waals surface area contributed by atoms with Crippen molar-refractivity contribution in [2.24, 2.45) is 11.8 Å². The van der Waals surface area contributed by atoms with Crippen LogP contribution in [0.1, 0.15) is 75.5 Å². The third-order valence-electron chi connectivity index (χ3n) is 8.18. The molecule has 2 atom stereocenters. The Hall–Kier alpha value is -3.71. The number of hydrogen-bond donors (Lipinski definition) is 0. The maximum Gasteiger partial charge on any atom is 0.126 e. The monoisotopic (exact) mass is 544 g/mol.